The molecule has 0 saturated carbocycles. The second-order valence-corrected chi connectivity index (χ2v) is 11.7. The summed E-state index contributed by atoms with van der Waals surface area (Å²) in [6.07, 6.45) is 2.00. The number of carbonyl (C=O) groups is 2. The molecule has 1 aliphatic rings. The summed E-state index contributed by atoms with van der Waals surface area (Å²) in [5.74, 6) is -1.37. The molecule has 2 heterocycles. The summed E-state index contributed by atoms with van der Waals surface area (Å²) >= 11 is 0. The van der Waals surface area contributed by atoms with Gasteiger partial charge in [0.15, 0.2) is 0 Å². The Morgan fingerprint density at radius 1 is 0.974 bits per heavy atom. The van der Waals surface area contributed by atoms with Crippen LogP contribution in [0.3, 0.4) is 0 Å². The summed E-state index contributed by atoms with van der Waals surface area (Å²) in [6.45, 7) is 0. The first-order valence-electron chi connectivity index (χ1n) is 12.7. The molecule has 0 spiro atoms. The Labute approximate surface area is 226 Å². The highest BCUT2D eigenvalue weighted by Crippen LogP contribution is 2.55. The van der Waals surface area contributed by atoms with Crippen LogP contribution < -0.4 is 5.32 Å². The third kappa shape index (κ3) is 5.93. The largest absolute Gasteiger partial charge is 0.481 e. The first kappa shape index (κ1) is 26.7. The number of nitrogens with one attached hydrogen (secondary N) is 1. The number of fused-ring (bicyclic) bond motifs is 2. The monoisotopic (exact) mass is 549 g/mol. The van der Waals surface area contributed by atoms with Crippen molar-refractivity contribution in [3.05, 3.63) is 89.4 Å². The van der Waals surface area contributed by atoms with Crippen LogP contribution in [0.25, 0.3) is 22.3 Å². The molecule has 1 amide bonds. The molecule has 4 N–H and O–H groups in total. The van der Waals surface area contributed by atoms with E-state index in [0.29, 0.717) is 69.7 Å². The number of nitrogens with zero attached hydrogens (tertiary/aromatic N) is 2. The standard InChI is InChI=1S/C29H28FN3O5S/c30-20-12-9-18(10-13-20)28-24(6-2-4-8-27(34)35)31-25-17-19(11-14-23(25)32-28)29(36)33-22-15-16-39(37,38)26-7-3-1-5-21(22)26/h1,3,5,7,9-14,17,22,37-38H,2,4,6,8,15-16H2,(H,33,36)(H,34,35)/t22-/m0/s1. The normalized spacial score (nSPS) is 16.8. The summed E-state index contributed by atoms with van der Waals surface area (Å²) < 4.78 is 34.4. The summed E-state index contributed by atoms with van der Waals surface area (Å²) in [4.78, 5) is 34.2. The lowest BCUT2D eigenvalue weighted by Crippen LogP contribution is -2.33. The maximum absolute atomic E-state index is 13.5. The molecule has 10 heteroatoms. The minimum absolute atomic E-state index is 0.0523. The van der Waals surface area contributed by atoms with Gasteiger partial charge in [0.05, 0.1) is 33.4 Å². The molecule has 5 rings (SSSR count). The predicted molar refractivity (Wildman–Crippen MR) is 147 cm³/mol. The van der Waals surface area contributed by atoms with Crippen molar-refractivity contribution in [3.8, 4) is 11.3 Å². The van der Waals surface area contributed by atoms with Gasteiger partial charge in [0, 0.05) is 23.3 Å². The summed E-state index contributed by atoms with van der Waals surface area (Å²) in [5.41, 5.74) is 4.10. The van der Waals surface area contributed by atoms with Crippen molar-refractivity contribution >= 4 is 33.5 Å². The zero-order chi connectivity index (χ0) is 27.6. The molecule has 3 aromatic carbocycles. The van der Waals surface area contributed by atoms with Crippen molar-refractivity contribution in [3.63, 3.8) is 0 Å². The van der Waals surface area contributed by atoms with Gasteiger partial charge in [0.2, 0.25) is 0 Å². The van der Waals surface area contributed by atoms with Gasteiger partial charge < -0.3 is 10.4 Å². The fraction of sp³-hybridized carbons (Fsp3) is 0.241. The number of aromatic nitrogens is 2. The van der Waals surface area contributed by atoms with Crippen molar-refractivity contribution in [2.75, 3.05) is 5.75 Å². The van der Waals surface area contributed by atoms with Gasteiger partial charge in [0.1, 0.15) is 5.82 Å². The average Bonchev–Trinajstić information content (AvgIpc) is 2.92. The van der Waals surface area contributed by atoms with Crippen LogP contribution in [0.15, 0.2) is 71.6 Å². The average molecular weight is 550 g/mol. The number of carboxylic acids is 1. The van der Waals surface area contributed by atoms with Crippen LogP contribution in [0.5, 0.6) is 0 Å². The molecule has 4 aromatic rings. The van der Waals surface area contributed by atoms with Crippen LogP contribution in [-0.2, 0) is 11.2 Å². The van der Waals surface area contributed by atoms with Gasteiger partial charge in [-0.15, -0.1) is 0 Å². The molecule has 39 heavy (non-hydrogen) atoms. The molecule has 0 fully saturated rings. The molecule has 0 saturated heterocycles. The summed E-state index contributed by atoms with van der Waals surface area (Å²) in [7, 11) is -2.88. The van der Waals surface area contributed by atoms with Gasteiger partial charge >= 0.3 is 5.97 Å². The number of carboxylic acid groups (broad SMARTS) is 1. The number of amides is 1. The van der Waals surface area contributed by atoms with Crippen molar-refractivity contribution in [1.29, 1.82) is 0 Å². The fourth-order valence-electron chi connectivity index (χ4n) is 4.82. The van der Waals surface area contributed by atoms with Gasteiger partial charge in [-0.05, 0) is 79.8 Å². The Bertz CT molecular complexity index is 1540. The third-order valence-corrected chi connectivity index (χ3v) is 8.69. The predicted octanol–water partition coefficient (Wildman–Crippen LogP) is 6.22. The number of hydrogen-bond donors (Lipinski definition) is 4. The van der Waals surface area contributed by atoms with Crippen LogP contribution in [0.2, 0.25) is 0 Å². The number of unbranched alkanes of at least 4 members (excludes halogenated alkanes) is 1. The molecule has 8 nitrogen and oxygen atoms in total. The topological polar surface area (TPSA) is 133 Å². The van der Waals surface area contributed by atoms with E-state index in [1.54, 1.807) is 54.6 Å². The van der Waals surface area contributed by atoms with Gasteiger partial charge in [-0.1, -0.05) is 18.2 Å². The number of benzene rings is 3. The van der Waals surface area contributed by atoms with Crippen LogP contribution >= 0.6 is 10.6 Å². The molecule has 0 aliphatic carbocycles. The van der Waals surface area contributed by atoms with Crippen LogP contribution in [0, 0.1) is 5.82 Å². The first-order chi connectivity index (χ1) is 18.7. The highest BCUT2D eigenvalue weighted by Gasteiger charge is 2.31. The van der Waals surface area contributed by atoms with Crippen molar-refractivity contribution in [2.45, 2.75) is 43.0 Å². The third-order valence-electron chi connectivity index (χ3n) is 6.81. The molecule has 0 unspecified atom stereocenters. The van der Waals surface area contributed by atoms with Gasteiger partial charge in [-0.3, -0.25) is 18.7 Å². The maximum atomic E-state index is 13.5. The lowest BCUT2D eigenvalue weighted by Gasteiger charge is -2.41. The molecular formula is C29H28FN3O5S. The van der Waals surface area contributed by atoms with Crippen molar-refractivity contribution in [2.24, 2.45) is 0 Å². The van der Waals surface area contributed by atoms with E-state index < -0.39 is 16.6 Å². The van der Waals surface area contributed by atoms with Crippen LogP contribution in [0.1, 0.15) is 53.3 Å². The van der Waals surface area contributed by atoms with E-state index in [2.05, 4.69) is 5.32 Å². The Hall–Kier alpha value is -3.86. The smallest absolute Gasteiger partial charge is 0.303 e. The minimum atomic E-state index is -2.88. The molecule has 1 aliphatic heterocycles. The van der Waals surface area contributed by atoms with E-state index in [9.17, 15) is 23.1 Å². The maximum Gasteiger partial charge on any atom is 0.303 e. The fourth-order valence-corrected chi connectivity index (χ4v) is 6.49. The summed E-state index contributed by atoms with van der Waals surface area (Å²) in [5, 5.41) is 12.0. The molecule has 0 radical (unpaired) electrons. The Morgan fingerprint density at radius 3 is 2.51 bits per heavy atom. The second kappa shape index (κ2) is 11.1. The number of aliphatic carboxylic acids is 1. The summed E-state index contributed by atoms with van der Waals surface area (Å²) in [6, 6.07) is 17.7. The van der Waals surface area contributed by atoms with Crippen molar-refractivity contribution in [1.82, 2.24) is 15.3 Å². The number of carbonyl (C=O) groups excluding carboxylic acids is 1. The van der Waals surface area contributed by atoms with Crippen LogP contribution in [-0.4, -0.2) is 41.8 Å². The van der Waals surface area contributed by atoms with E-state index in [0.717, 1.165) is 0 Å². The van der Waals surface area contributed by atoms with E-state index in [1.165, 1.54) is 12.1 Å². The lowest BCUT2D eigenvalue weighted by molar-refractivity contribution is -0.137. The second-order valence-electron chi connectivity index (χ2n) is 9.55. The van der Waals surface area contributed by atoms with Gasteiger partial charge in [0.25, 0.3) is 5.91 Å². The lowest BCUT2D eigenvalue weighted by atomic mass is 10.0. The van der Waals surface area contributed by atoms with E-state index >= 15 is 0 Å². The van der Waals surface area contributed by atoms with E-state index in [4.69, 9.17) is 15.1 Å². The number of hydrogen-bond acceptors (Lipinski definition) is 6. The molecular weight excluding hydrogens is 521 g/mol. The van der Waals surface area contributed by atoms with E-state index in [1.807, 2.05) is 0 Å². The Morgan fingerprint density at radius 2 is 1.74 bits per heavy atom. The number of aryl methyl sites for hydroxylation is 1. The zero-order valence-electron chi connectivity index (χ0n) is 21.0. The zero-order valence-corrected chi connectivity index (χ0v) is 21.8. The Balaban J connectivity index is 1.44. The molecule has 1 atom stereocenters. The first-order valence-corrected chi connectivity index (χ1v) is 14.4. The van der Waals surface area contributed by atoms with Crippen molar-refractivity contribution < 1.29 is 28.2 Å². The number of rotatable bonds is 8. The van der Waals surface area contributed by atoms with Gasteiger partial charge in [-0.25, -0.2) is 14.4 Å². The van der Waals surface area contributed by atoms with E-state index in [-0.39, 0.29) is 29.9 Å². The highest BCUT2D eigenvalue weighted by molar-refractivity contribution is 8.24. The van der Waals surface area contributed by atoms with Crippen LogP contribution in [0.4, 0.5) is 4.39 Å². The molecule has 1 aromatic heterocycles. The molecule has 202 valence electrons. The SMILES string of the molecule is O=C(O)CCCCc1nc2cc(C(=O)N[C@H]3CCS(O)(O)c4ccccc43)ccc2nc1-c1ccc(F)cc1. The highest BCUT2D eigenvalue weighted by atomic mass is 32.3. The van der Waals surface area contributed by atoms with Gasteiger partial charge in [-0.2, -0.15) is 10.6 Å². The number of halogens is 1. The molecule has 0 bridgehead atoms. The quantitative estimate of drug-likeness (QED) is 0.192. The Kier molecular flexibility index (Phi) is 7.60. The minimum Gasteiger partial charge on any atom is -0.481 e.